The van der Waals surface area contributed by atoms with E-state index >= 15 is 0 Å². The predicted molar refractivity (Wildman–Crippen MR) is 55.2 cm³/mol. The van der Waals surface area contributed by atoms with Crippen molar-refractivity contribution in [3.63, 3.8) is 0 Å². The molecule has 0 radical (unpaired) electrons. The molecule has 1 atom stereocenters. The van der Waals surface area contributed by atoms with Crippen molar-refractivity contribution in [1.29, 1.82) is 0 Å². The van der Waals surface area contributed by atoms with Crippen LogP contribution in [-0.2, 0) is 14.3 Å². The Morgan fingerprint density at radius 2 is 2.27 bits per heavy atom. The Hall–Kier alpha value is -1.10. The van der Waals surface area contributed by atoms with E-state index in [0.29, 0.717) is 12.5 Å². The van der Waals surface area contributed by atoms with Crippen LogP contribution in [0.15, 0.2) is 0 Å². The number of esters is 1. The van der Waals surface area contributed by atoms with Crippen LogP contribution >= 0.6 is 0 Å². The summed E-state index contributed by atoms with van der Waals surface area (Å²) in [7, 11) is 3.29. The third kappa shape index (κ3) is 3.87. The molecule has 1 amide bonds. The van der Waals surface area contributed by atoms with Crippen LogP contribution in [0.2, 0.25) is 0 Å². The molecule has 1 aliphatic heterocycles. The number of amides is 1. The fraction of sp³-hybridized carbons (Fsp3) is 0.800. The minimum atomic E-state index is -0.821. The van der Waals surface area contributed by atoms with Crippen molar-refractivity contribution < 1.29 is 14.3 Å². The largest absolute Gasteiger partial charge is 0.462 e. The van der Waals surface area contributed by atoms with E-state index in [4.69, 9.17) is 0 Å². The summed E-state index contributed by atoms with van der Waals surface area (Å²) in [6.07, 6.45) is 2.09. The van der Waals surface area contributed by atoms with Gasteiger partial charge in [-0.2, -0.15) is 0 Å². The molecule has 1 N–H and O–H groups in total. The van der Waals surface area contributed by atoms with Crippen LogP contribution in [0.25, 0.3) is 0 Å². The average Bonchev–Trinajstić information content (AvgIpc) is 2.63. The van der Waals surface area contributed by atoms with Gasteiger partial charge in [-0.3, -0.25) is 4.79 Å². The van der Waals surface area contributed by atoms with Crippen molar-refractivity contribution in [2.45, 2.75) is 12.8 Å². The zero-order valence-corrected chi connectivity index (χ0v) is 9.28. The molecule has 0 bridgehead atoms. The Morgan fingerprint density at radius 1 is 1.53 bits per heavy atom. The van der Waals surface area contributed by atoms with E-state index in [2.05, 4.69) is 22.0 Å². The van der Waals surface area contributed by atoms with Gasteiger partial charge in [0.25, 0.3) is 0 Å². The molecule has 1 fully saturated rings. The molecule has 1 unspecified atom stereocenters. The maximum Gasteiger partial charge on any atom is 0.396 e. The molecule has 86 valence electrons. The van der Waals surface area contributed by atoms with Crippen molar-refractivity contribution in [2.75, 3.05) is 33.8 Å². The SMILES string of the molecule is COC(=O)C(=O)NCCC1CCN(C)C1. The second kappa shape index (κ2) is 5.70. The van der Waals surface area contributed by atoms with Crippen molar-refractivity contribution in [3.8, 4) is 0 Å². The van der Waals surface area contributed by atoms with Gasteiger partial charge in [0, 0.05) is 13.1 Å². The molecule has 0 spiro atoms. The molecule has 15 heavy (non-hydrogen) atoms. The first-order valence-corrected chi connectivity index (χ1v) is 5.18. The Morgan fingerprint density at radius 3 is 2.80 bits per heavy atom. The van der Waals surface area contributed by atoms with Gasteiger partial charge in [0.1, 0.15) is 0 Å². The minimum absolute atomic E-state index is 0.548. The molecule has 1 saturated heterocycles. The standard InChI is InChI=1S/C10H18N2O3/c1-12-6-4-8(7-12)3-5-11-9(13)10(14)15-2/h8H,3-7H2,1-2H3,(H,11,13). The van der Waals surface area contributed by atoms with E-state index in [1.807, 2.05) is 0 Å². The predicted octanol–water partition coefficient (Wildman–Crippen LogP) is -0.383. The van der Waals surface area contributed by atoms with Crippen LogP contribution in [0.1, 0.15) is 12.8 Å². The monoisotopic (exact) mass is 214 g/mol. The lowest BCUT2D eigenvalue weighted by atomic mass is 10.1. The normalized spacial score (nSPS) is 21.3. The summed E-state index contributed by atoms with van der Waals surface area (Å²) in [5, 5.41) is 2.54. The molecule has 1 aliphatic rings. The highest BCUT2D eigenvalue weighted by molar-refractivity contribution is 6.32. The quantitative estimate of drug-likeness (QED) is 0.514. The molecule has 5 nitrogen and oxygen atoms in total. The number of nitrogens with one attached hydrogen (secondary N) is 1. The summed E-state index contributed by atoms with van der Waals surface area (Å²) in [5.41, 5.74) is 0. The number of hydrogen-bond acceptors (Lipinski definition) is 4. The van der Waals surface area contributed by atoms with Gasteiger partial charge < -0.3 is 15.0 Å². The third-order valence-corrected chi connectivity index (χ3v) is 2.70. The summed E-state index contributed by atoms with van der Waals surface area (Å²) in [5.74, 6) is -0.838. The summed E-state index contributed by atoms with van der Waals surface area (Å²) in [6, 6.07) is 0. The second-order valence-corrected chi connectivity index (χ2v) is 3.95. The molecule has 0 saturated carbocycles. The molecule has 0 aromatic heterocycles. The van der Waals surface area contributed by atoms with E-state index in [1.54, 1.807) is 0 Å². The number of carbonyl (C=O) groups is 2. The smallest absolute Gasteiger partial charge is 0.396 e. The molecule has 1 rings (SSSR count). The Balaban J connectivity index is 2.11. The average molecular weight is 214 g/mol. The zero-order valence-electron chi connectivity index (χ0n) is 9.28. The zero-order chi connectivity index (χ0) is 11.3. The molecule has 0 aliphatic carbocycles. The molecule has 0 aromatic carbocycles. The second-order valence-electron chi connectivity index (χ2n) is 3.95. The van der Waals surface area contributed by atoms with E-state index in [-0.39, 0.29) is 0 Å². The van der Waals surface area contributed by atoms with E-state index in [9.17, 15) is 9.59 Å². The van der Waals surface area contributed by atoms with Crippen LogP contribution in [0, 0.1) is 5.92 Å². The van der Waals surface area contributed by atoms with Crippen molar-refractivity contribution in [1.82, 2.24) is 10.2 Å². The first kappa shape index (κ1) is 12.0. The molecule has 1 heterocycles. The highest BCUT2D eigenvalue weighted by atomic mass is 16.5. The van der Waals surface area contributed by atoms with Crippen molar-refractivity contribution in [2.24, 2.45) is 5.92 Å². The summed E-state index contributed by atoms with van der Waals surface area (Å²) in [4.78, 5) is 24.0. The van der Waals surface area contributed by atoms with Gasteiger partial charge in [-0.05, 0) is 32.4 Å². The number of ether oxygens (including phenoxy) is 1. The first-order chi connectivity index (χ1) is 7.13. The van der Waals surface area contributed by atoms with Gasteiger partial charge >= 0.3 is 11.9 Å². The highest BCUT2D eigenvalue weighted by Gasteiger charge is 2.19. The van der Waals surface area contributed by atoms with E-state index < -0.39 is 11.9 Å². The van der Waals surface area contributed by atoms with Crippen molar-refractivity contribution >= 4 is 11.9 Å². The van der Waals surface area contributed by atoms with Crippen LogP contribution in [0.4, 0.5) is 0 Å². The first-order valence-electron chi connectivity index (χ1n) is 5.18. The number of likely N-dealkylation sites (tertiary alicyclic amines) is 1. The fourth-order valence-corrected chi connectivity index (χ4v) is 1.82. The minimum Gasteiger partial charge on any atom is -0.462 e. The number of hydrogen-bond donors (Lipinski definition) is 1. The lowest BCUT2D eigenvalue weighted by Gasteiger charge is -2.10. The van der Waals surface area contributed by atoms with Gasteiger partial charge in [0.15, 0.2) is 0 Å². The highest BCUT2D eigenvalue weighted by Crippen LogP contribution is 2.16. The molecule has 0 aromatic rings. The lowest BCUT2D eigenvalue weighted by Crippen LogP contribution is -2.33. The van der Waals surface area contributed by atoms with E-state index in [0.717, 1.165) is 19.5 Å². The number of rotatable bonds is 3. The summed E-state index contributed by atoms with van der Waals surface area (Å²) in [6.45, 7) is 2.75. The Kier molecular flexibility index (Phi) is 4.55. The maximum absolute atomic E-state index is 11.0. The maximum atomic E-state index is 11.0. The van der Waals surface area contributed by atoms with Gasteiger partial charge in [0.2, 0.25) is 0 Å². The third-order valence-electron chi connectivity index (χ3n) is 2.70. The van der Waals surface area contributed by atoms with Crippen molar-refractivity contribution in [3.05, 3.63) is 0 Å². The van der Waals surface area contributed by atoms with Crippen LogP contribution in [0.3, 0.4) is 0 Å². The molecular weight excluding hydrogens is 196 g/mol. The van der Waals surface area contributed by atoms with E-state index in [1.165, 1.54) is 13.5 Å². The summed E-state index contributed by atoms with van der Waals surface area (Å²) >= 11 is 0. The lowest BCUT2D eigenvalue weighted by molar-refractivity contribution is -0.152. The number of carbonyl (C=O) groups excluding carboxylic acids is 2. The topological polar surface area (TPSA) is 58.6 Å². The van der Waals surface area contributed by atoms with Gasteiger partial charge in [-0.1, -0.05) is 0 Å². The van der Waals surface area contributed by atoms with Gasteiger partial charge in [-0.15, -0.1) is 0 Å². The Labute approximate surface area is 89.8 Å². The summed E-state index contributed by atoms with van der Waals surface area (Å²) < 4.78 is 4.29. The Bertz CT molecular complexity index is 243. The molecular formula is C10H18N2O3. The van der Waals surface area contributed by atoms with Crippen LogP contribution in [0.5, 0.6) is 0 Å². The van der Waals surface area contributed by atoms with Gasteiger partial charge in [-0.25, -0.2) is 4.79 Å². The van der Waals surface area contributed by atoms with Gasteiger partial charge in [0.05, 0.1) is 7.11 Å². The molecule has 5 heteroatoms. The number of nitrogens with zero attached hydrogens (tertiary/aromatic N) is 1. The van der Waals surface area contributed by atoms with Crippen LogP contribution < -0.4 is 5.32 Å². The fourth-order valence-electron chi connectivity index (χ4n) is 1.82. The number of methoxy groups -OCH3 is 1. The van der Waals surface area contributed by atoms with Crippen LogP contribution in [-0.4, -0.2) is 50.6 Å².